The van der Waals surface area contributed by atoms with E-state index in [0.717, 1.165) is 24.5 Å². The van der Waals surface area contributed by atoms with E-state index in [1.54, 1.807) is 7.11 Å². The van der Waals surface area contributed by atoms with Crippen molar-refractivity contribution in [1.82, 2.24) is 0 Å². The fourth-order valence-electron chi connectivity index (χ4n) is 1.20. The fraction of sp³-hybridized carbons (Fsp3) is 0.500. The van der Waals surface area contributed by atoms with Gasteiger partial charge in [0.15, 0.2) is 0 Å². The van der Waals surface area contributed by atoms with Crippen LogP contribution in [0.4, 0.5) is 5.69 Å². The first-order valence-corrected chi connectivity index (χ1v) is 6.36. The predicted molar refractivity (Wildman–Crippen MR) is 68.9 cm³/mol. The van der Waals surface area contributed by atoms with Crippen molar-refractivity contribution in [2.45, 2.75) is 11.3 Å². The van der Waals surface area contributed by atoms with Gasteiger partial charge in [0.1, 0.15) is 0 Å². The molecule has 0 amide bonds. The van der Waals surface area contributed by atoms with Crippen molar-refractivity contribution in [2.75, 3.05) is 38.4 Å². The summed E-state index contributed by atoms with van der Waals surface area (Å²) in [4.78, 5) is 1.22. The summed E-state index contributed by atoms with van der Waals surface area (Å²) in [6.45, 7) is 2.14. The van der Waals surface area contributed by atoms with Crippen molar-refractivity contribution >= 4 is 17.4 Å². The molecule has 0 saturated carbocycles. The van der Waals surface area contributed by atoms with Crippen LogP contribution >= 0.6 is 11.8 Å². The van der Waals surface area contributed by atoms with Crippen LogP contribution in [-0.2, 0) is 9.47 Å². The average molecular weight is 241 g/mol. The molecule has 0 radical (unpaired) electrons. The Kier molecular flexibility index (Phi) is 7.05. The third kappa shape index (κ3) is 6.00. The van der Waals surface area contributed by atoms with Crippen LogP contribution in [0.1, 0.15) is 6.42 Å². The quantitative estimate of drug-likeness (QED) is 0.431. The number of nitrogens with two attached hydrogens (primary N) is 1. The summed E-state index contributed by atoms with van der Waals surface area (Å²) >= 11 is 1.81. The Bertz CT molecular complexity index is 294. The van der Waals surface area contributed by atoms with E-state index >= 15 is 0 Å². The van der Waals surface area contributed by atoms with E-state index in [2.05, 4.69) is 6.07 Å². The molecule has 0 saturated heterocycles. The highest BCUT2D eigenvalue weighted by atomic mass is 32.2. The van der Waals surface area contributed by atoms with Crippen molar-refractivity contribution < 1.29 is 9.47 Å². The fourth-order valence-corrected chi connectivity index (χ4v) is 2.09. The Morgan fingerprint density at radius 3 is 2.88 bits per heavy atom. The van der Waals surface area contributed by atoms with Gasteiger partial charge in [0.25, 0.3) is 0 Å². The molecule has 0 atom stereocenters. The Balaban J connectivity index is 2.03. The molecule has 90 valence electrons. The number of thioether (sulfide) groups is 1. The molecule has 0 fully saturated rings. The first kappa shape index (κ1) is 13.4. The number of ether oxygens (including phenoxy) is 2. The van der Waals surface area contributed by atoms with Gasteiger partial charge in [-0.1, -0.05) is 6.07 Å². The molecular weight excluding hydrogens is 222 g/mol. The SMILES string of the molecule is COCCOCCCSc1cccc(N)c1. The van der Waals surface area contributed by atoms with E-state index in [4.69, 9.17) is 15.2 Å². The lowest BCUT2D eigenvalue weighted by Gasteiger charge is -2.04. The summed E-state index contributed by atoms with van der Waals surface area (Å²) in [5.41, 5.74) is 6.51. The molecule has 0 unspecified atom stereocenters. The highest BCUT2D eigenvalue weighted by Crippen LogP contribution is 2.20. The van der Waals surface area contributed by atoms with Gasteiger partial charge < -0.3 is 15.2 Å². The van der Waals surface area contributed by atoms with E-state index in [1.165, 1.54) is 4.90 Å². The number of benzene rings is 1. The molecule has 1 aromatic carbocycles. The van der Waals surface area contributed by atoms with Crippen LogP contribution in [0.5, 0.6) is 0 Å². The first-order valence-electron chi connectivity index (χ1n) is 5.38. The van der Waals surface area contributed by atoms with Gasteiger partial charge in [-0.25, -0.2) is 0 Å². The first-order chi connectivity index (χ1) is 7.83. The topological polar surface area (TPSA) is 44.5 Å². The summed E-state index contributed by atoms with van der Waals surface area (Å²) in [7, 11) is 1.68. The second kappa shape index (κ2) is 8.44. The Labute approximate surface area is 101 Å². The lowest BCUT2D eigenvalue weighted by atomic mass is 10.3. The van der Waals surface area contributed by atoms with Crippen LogP contribution in [0.15, 0.2) is 29.2 Å². The lowest BCUT2D eigenvalue weighted by molar-refractivity contribution is 0.0713. The van der Waals surface area contributed by atoms with Crippen molar-refractivity contribution in [3.8, 4) is 0 Å². The average Bonchev–Trinajstić information content (AvgIpc) is 2.28. The van der Waals surface area contributed by atoms with Gasteiger partial charge in [0, 0.05) is 30.1 Å². The number of rotatable bonds is 8. The maximum Gasteiger partial charge on any atom is 0.0700 e. The van der Waals surface area contributed by atoms with Gasteiger partial charge in [-0.2, -0.15) is 0 Å². The van der Waals surface area contributed by atoms with Gasteiger partial charge in [0.2, 0.25) is 0 Å². The zero-order valence-electron chi connectivity index (χ0n) is 9.65. The third-order valence-electron chi connectivity index (χ3n) is 1.99. The number of anilines is 1. The maximum absolute atomic E-state index is 5.69. The van der Waals surface area contributed by atoms with Crippen LogP contribution in [0.25, 0.3) is 0 Å². The number of hydrogen-bond donors (Lipinski definition) is 1. The van der Waals surface area contributed by atoms with Crippen molar-refractivity contribution in [3.63, 3.8) is 0 Å². The third-order valence-corrected chi connectivity index (χ3v) is 3.07. The Morgan fingerprint density at radius 1 is 1.25 bits per heavy atom. The minimum atomic E-state index is 0.669. The molecule has 0 spiro atoms. The predicted octanol–water partition coefficient (Wildman–Crippen LogP) is 2.41. The van der Waals surface area contributed by atoms with Crippen molar-refractivity contribution in [2.24, 2.45) is 0 Å². The molecule has 16 heavy (non-hydrogen) atoms. The Morgan fingerprint density at radius 2 is 2.12 bits per heavy atom. The molecule has 0 heterocycles. The number of hydrogen-bond acceptors (Lipinski definition) is 4. The molecular formula is C12H19NO2S. The summed E-state index contributed by atoms with van der Waals surface area (Å²) in [5.74, 6) is 1.05. The van der Waals surface area contributed by atoms with E-state index in [9.17, 15) is 0 Å². The molecule has 4 heteroatoms. The maximum atomic E-state index is 5.69. The zero-order valence-corrected chi connectivity index (χ0v) is 10.5. The van der Waals surface area contributed by atoms with Gasteiger partial charge in [-0.05, 0) is 24.6 Å². The minimum Gasteiger partial charge on any atom is -0.399 e. The summed E-state index contributed by atoms with van der Waals surface area (Å²) < 4.78 is 10.3. The molecule has 0 aliphatic heterocycles. The smallest absolute Gasteiger partial charge is 0.0700 e. The lowest BCUT2D eigenvalue weighted by Crippen LogP contribution is -2.03. The zero-order chi connectivity index (χ0) is 11.6. The summed E-state index contributed by atoms with van der Waals surface area (Å²) in [5, 5.41) is 0. The number of nitrogen functional groups attached to an aromatic ring is 1. The van der Waals surface area contributed by atoms with Crippen LogP contribution < -0.4 is 5.73 Å². The summed E-state index contributed by atoms with van der Waals surface area (Å²) in [6, 6.07) is 7.95. The molecule has 0 bridgehead atoms. The van der Waals surface area contributed by atoms with Crippen LogP contribution in [0, 0.1) is 0 Å². The van der Waals surface area contributed by atoms with Crippen LogP contribution in [-0.4, -0.2) is 32.7 Å². The van der Waals surface area contributed by atoms with Gasteiger partial charge >= 0.3 is 0 Å². The molecule has 1 aromatic rings. The van der Waals surface area contributed by atoms with E-state index in [1.807, 2.05) is 30.0 Å². The highest BCUT2D eigenvalue weighted by molar-refractivity contribution is 7.99. The molecule has 2 N–H and O–H groups in total. The van der Waals surface area contributed by atoms with Gasteiger partial charge in [-0.3, -0.25) is 0 Å². The normalized spacial score (nSPS) is 10.6. The van der Waals surface area contributed by atoms with E-state index < -0.39 is 0 Å². The minimum absolute atomic E-state index is 0.669. The van der Waals surface area contributed by atoms with Gasteiger partial charge in [-0.15, -0.1) is 11.8 Å². The summed E-state index contributed by atoms with van der Waals surface area (Å²) in [6.07, 6.45) is 1.04. The molecule has 1 rings (SSSR count). The molecule has 0 aliphatic carbocycles. The van der Waals surface area contributed by atoms with Crippen molar-refractivity contribution in [3.05, 3.63) is 24.3 Å². The second-order valence-corrected chi connectivity index (χ2v) is 4.55. The number of methoxy groups -OCH3 is 1. The van der Waals surface area contributed by atoms with Crippen molar-refractivity contribution in [1.29, 1.82) is 0 Å². The molecule has 3 nitrogen and oxygen atoms in total. The van der Waals surface area contributed by atoms with E-state index in [-0.39, 0.29) is 0 Å². The monoisotopic (exact) mass is 241 g/mol. The van der Waals surface area contributed by atoms with Crippen LogP contribution in [0.2, 0.25) is 0 Å². The second-order valence-electron chi connectivity index (χ2n) is 3.38. The van der Waals surface area contributed by atoms with E-state index in [0.29, 0.717) is 13.2 Å². The molecule has 0 aliphatic rings. The highest BCUT2D eigenvalue weighted by Gasteiger charge is 1.95. The molecule has 0 aromatic heterocycles. The Hall–Kier alpha value is -0.710. The van der Waals surface area contributed by atoms with Crippen LogP contribution in [0.3, 0.4) is 0 Å². The van der Waals surface area contributed by atoms with Gasteiger partial charge in [0.05, 0.1) is 13.2 Å². The largest absolute Gasteiger partial charge is 0.399 e. The standard InChI is InChI=1S/C12H19NO2S/c1-14-7-8-15-6-3-9-16-12-5-2-4-11(13)10-12/h2,4-5,10H,3,6-9,13H2,1H3.